The van der Waals surface area contributed by atoms with Gasteiger partial charge in [0.25, 0.3) is 0 Å². The van der Waals surface area contributed by atoms with Crippen LogP contribution in [-0.2, 0) is 16.0 Å². The van der Waals surface area contributed by atoms with Crippen molar-refractivity contribution < 1.29 is 18.4 Å². The molecule has 2 amide bonds. The minimum atomic E-state index is -1.51. The molecule has 0 saturated heterocycles. The van der Waals surface area contributed by atoms with Crippen LogP contribution in [0.3, 0.4) is 0 Å². The number of rotatable bonds is 6. The van der Waals surface area contributed by atoms with Crippen molar-refractivity contribution in [3.8, 4) is 0 Å². The molecule has 138 valence electrons. The normalized spacial score (nSPS) is 11.1. The number of para-hydroxylation sites is 1. The fourth-order valence-electron chi connectivity index (χ4n) is 2.18. The van der Waals surface area contributed by atoms with Gasteiger partial charge in [0, 0.05) is 11.6 Å². The van der Waals surface area contributed by atoms with E-state index >= 15 is 0 Å². The number of hydrogen-bond acceptors (Lipinski definition) is 2. The molecule has 0 heterocycles. The average molecular weight is 381 g/mol. The number of benzene rings is 2. The summed E-state index contributed by atoms with van der Waals surface area (Å²) in [6.45, 7) is 3.09. The molecule has 0 spiro atoms. The van der Waals surface area contributed by atoms with Gasteiger partial charge in [-0.15, -0.1) is 0 Å². The quantitative estimate of drug-likeness (QED) is 0.746. The van der Waals surface area contributed by atoms with E-state index in [9.17, 15) is 18.4 Å². The number of carbonyl (C=O) groups is 2. The van der Waals surface area contributed by atoms with Crippen molar-refractivity contribution in [3.63, 3.8) is 0 Å². The van der Waals surface area contributed by atoms with Gasteiger partial charge in [-0.1, -0.05) is 29.8 Å². The molecule has 0 saturated carbocycles. The molecule has 0 unspecified atom stereocenters. The zero-order valence-electron chi connectivity index (χ0n) is 14.4. The highest BCUT2D eigenvalue weighted by atomic mass is 35.5. The molecule has 0 aromatic heterocycles. The van der Waals surface area contributed by atoms with Crippen LogP contribution in [-0.4, -0.2) is 18.4 Å². The molecule has 0 radical (unpaired) electrons. The van der Waals surface area contributed by atoms with E-state index in [2.05, 4.69) is 10.6 Å². The minimum Gasteiger partial charge on any atom is -0.355 e. The molecule has 0 aliphatic carbocycles. The second-order valence-corrected chi connectivity index (χ2v) is 6.74. The predicted octanol–water partition coefficient (Wildman–Crippen LogP) is 3.94. The van der Waals surface area contributed by atoms with Crippen LogP contribution in [0.5, 0.6) is 0 Å². The molecule has 2 aromatic rings. The van der Waals surface area contributed by atoms with Gasteiger partial charge in [-0.3, -0.25) is 9.59 Å². The lowest BCUT2D eigenvalue weighted by molar-refractivity contribution is -0.138. The standard InChI is InChI=1S/C19H19ClF2N2O2/c1-19(2,18(26)24-16-14(21)4-3-5-15(16)22)17(25)23-11-10-12-6-8-13(20)9-7-12/h3-9H,10-11H2,1-2H3,(H,23,25)(H,24,26). The molecule has 7 heteroatoms. The van der Waals surface area contributed by atoms with Crippen molar-refractivity contribution in [1.82, 2.24) is 5.32 Å². The molecule has 2 rings (SSSR count). The number of amides is 2. The number of hydrogen-bond donors (Lipinski definition) is 2. The van der Waals surface area contributed by atoms with E-state index in [0.717, 1.165) is 17.7 Å². The lowest BCUT2D eigenvalue weighted by atomic mass is 9.90. The van der Waals surface area contributed by atoms with Crippen LogP contribution >= 0.6 is 11.6 Å². The van der Waals surface area contributed by atoms with Crippen LogP contribution in [0.15, 0.2) is 42.5 Å². The van der Waals surface area contributed by atoms with E-state index in [0.29, 0.717) is 18.0 Å². The number of anilines is 1. The van der Waals surface area contributed by atoms with Crippen molar-refractivity contribution in [2.24, 2.45) is 5.41 Å². The van der Waals surface area contributed by atoms with Gasteiger partial charge in [0.1, 0.15) is 22.7 Å². The Morgan fingerprint density at radius 1 is 1.00 bits per heavy atom. The molecule has 26 heavy (non-hydrogen) atoms. The van der Waals surface area contributed by atoms with Crippen molar-refractivity contribution in [3.05, 3.63) is 64.7 Å². The molecule has 0 aliphatic heterocycles. The summed E-state index contributed by atoms with van der Waals surface area (Å²) in [5, 5.41) is 5.43. The zero-order valence-corrected chi connectivity index (χ0v) is 15.2. The summed E-state index contributed by atoms with van der Waals surface area (Å²) in [6, 6.07) is 10.4. The van der Waals surface area contributed by atoms with Crippen molar-refractivity contribution in [1.29, 1.82) is 0 Å². The highest BCUT2D eigenvalue weighted by Gasteiger charge is 2.36. The topological polar surface area (TPSA) is 58.2 Å². The van der Waals surface area contributed by atoms with Gasteiger partial charge in [0.2, 0.25) is 11.8 Å². The van der Waals surface area contributed by atoms with Crippen molar-refractivity contribution in [2.45, 2.75) is 20.3 Å². The first kappa shape index (κ1) is 19.8. The van der Waals surface area contributed by atoms with Gasteiger partial charge in [0.05, 0.1) is 0 Å². The Kier molecular flexibility index (Phi) is 6.32. The monoisotopic (exact) mass is 380 g/mol. The molecule has 0 aliphatic rings. The van der Waals surface area contributed by atoms with Gasteiger partial charge >= 0.3 is 0 Å². The first-order valence-electron chi connectivity index (χ1n) is 8.00. The summed E-state index contributed by atoms with van der Waals surface area (Å²) >= 11 is 5.81. The smallest absolute Gasteiger partial charge is 0.239 e. The third-order valence-corrected chi connectivity index (χ3v) is 4.20. The third kappa shape index (κ3) is 4.79. The van der Waals surface area contributed by atoms with Crippen molar-refractivity contribution >= 4 is 29.1 Å². The van der Waals surface area contributed by atoms with Gasteiger partial charge in [-0.2, -0.15) is 0 Å². The zero-order chi connectivity index (χ0) is 19.3. The van der Waals surface area contributed by atoms with E-state index in [-0.39, 0.29) is 0 Å². The van der Waals surface area contributed by atoms with Crippen LogP contribution < -0.4 is 10.6 Å². The molecule has 0 atom stereocenters. The molecular weight excluding hydrogens is 362 g/mol. The fourth-order valence-corrected chi connectivity index (χ4v) is 2.31. The highest BCUT2D eigenvalue weighted by Crippen LogP contribution is 2.23. The Bertz CT molecular complexity index is 787. The van der Waals surface area contributed by atoms with Gasteiger partial charge in [0.15, 0.2) is 0 Å². The van der Waals surface area contributed by atoms with E-state index < -0.39 is 34.6 Å². The number of carbonyl (C=O) groups excluding carboxylic acids is 2. The van der Waals surface area contributed by atoms with Gasteiger partial charge in [-0.05, 0) is 50.1 Å². The molecular formula is C19H19ClF2N2O2. The average Bonchev–Trinajstić information content (AvgIpc) is 2.59. The fraction of sp³-hybridized carbons (Fsp3) is 0.263. The lowest BCUT2D eigenvalue weighted by Gasteiger charge is -2.23. The number of halogens is 3. The predicted molar refractivity (Wildman–Crippen MR) is 96.9 cm³/mol. The summed E-state index contributed by atoms with van der Waals surface area (Å²) in [5.41, 5.74) is -1.10. The SMILES string of the molecule is CC(C)(C(=O)NCCc1ccc(Cl)cc1)C(=O)Nc1c(F)cccc1F. The lowest BCUT2D eigenvalue weighted by Crippen LogP contribution is -2.45. The maximum Gasteiger partial charge on any atom is 0.239 e. The maximum absolute atomic E-state index is 13.7. The molecule has 4 nitrogen and oxygen atoms in total. The summed E-state index contributed by atoms with van der Waals surface area (Å²) in [4.78, 5) is 24.7. The minimum absolute atomic E-state index is 0.311. The van der Waals surface area contributed by atoms with Crippen LogP contribution in [0, 0.1) is 17.0 Å². The van der Waals surface area contributed by atoms with Crippen LogP contribution in [0.2, 0.25) is 5.02 Å². The second-order valence-electron chi connectivity index (χ2n) is 6.31. The molecule has 0 fully saturated rings. The van der Waals surface area contributed by atoms with Gasteiger partial charge in [-0.25, -0.2) is 8.78 Å². The van der Waals surface area contributed by atoms with E-state index in [1.165, 1.54) is 19.9 Å². The van der Waals surface area contributed by atoms with E-state index in [1.807, 2.05) is 12.1 Å². The summed E-state index contributed by atoms with van der Waals surface area (Å²) in [6.07, 6.45) is 0.558. The Balaban J connectivity index is 1.95. The largest absolute Gasteiger partial charge is 0.355 e. The van der Waals surface area contributed by atoms with Crippen LogP contribution in [0.1, 0.15) is 19.4 Å². The Morgan fingerprint density at radius 2 is 1.58 bits per heavy atom. The first-order valence-corrected chi connectivity index (χ1v) is 8.38. The summed E-state index contributed by atoms with van der Waals surface area (Å²) < 4.78 is 27.3. The molecule has 2 aromatic carbocycles. The molecule has 2 N–H and O–H groups in total. The third-order valence-electron chi connectivity index (χ3n) is 3.95. The number of nitrogens with one attached hydrogen (secondary N) is 2. The van der Waals surface area contributed by atoms with Crippen molar-refractivity contribution in [2.75, 3.05) is 11.9 Å². The maximum atomic E-state index is 13.7. The molecule has 0 bridgehead atoms. The van der Waals surface area contributed by atoms with Crippen LogP contribution in [0.25, 0.3) is 0 Å². The Morgan fingerprint density at radius 3 is 2.15 bits per heavy atom. The van der Waals surface area contributed by atoms with Gasteiger partial charge < -0.3 is 10.6 Å². The Hall–Kier alpha value is -2.47. The summed E-state index contributed by atoms with van der Waals surface area (Å²) in [5.74, 6) is -3.15. The highest BCUT2D eigenvalue weighted by molar-refractivity contribution is 6.30. The second kappa shape index (κ2) is 8.27. The summed E-state index contributed by atoms with van der Waals surface area (Å²) in [7, 11) is 0. The first-order chi connectivity index (χ1) is 12.2. The van der Waals surface area contributed by atoms with E-state index in [4.69, 9.17) is 11.6 Å². The van der Waals surface area contributed by atoms with E-state index in [1.54, 1.807) is 12.1 Å². The Labute approximate surface area is 155 Å². The van der Waals surface area contributed by atoms with Crippen LogP contribution in [0.4, 0.5) is 14.5 Å².